The zero-order chi connectivity index (χ0) is 17.5. The lowest BCUT2D eigenvalue weighted by Crippen LogP contribution is -2.10. The molecule has 1 aromatic heterocycles. The molecular formula is C22H24BrN. The van der Waals surface area contributed by atoms with Gasteiger partial charge in [0.25, 0.3) is 0 Å². The highest BCUT2D eigenvalue weighted by molar-refractivity contribution is 9.08. The van der Waals surface area contributed by atoms with Crippen molar-refractivity contribution >= 4 is 26.7 Å². The van der Waals surface area contributed by atoms with Crippen molar-refractivity contribution in [2.75, 3.05) is 0 Å². The Kier molecular flexibility index (Phi) is 4.52. The van der Waals surface area contributed by atoms with E-state index < -0.39 is 0 Å². The lowest BCUT2D eigenvalue weighted by molar-refractivity contribution is 0.590. The van der Waals surface area contributed by atoms with E-state index in [1.807, 2.05) is 0 Å². The van der Waals surface area contributed by atoms with Crippen molar-refractivity contribution in [1.82, 2.24) is 4.98 Å². The topological polar surface area (TPSA) is 12.9 Å². The highest BCUT2D eigenvalue weighted by Crippen LogP contribution is 2.31. The summed E-state index contributed by atoms with van der Waals surface area (Å²) in [5.41, 5.74) is 7.45. The molecular weight excluding hydrogens is 358 g/mol. The molecule has 0 N–H and O–H groups in total. The molecule has 0 aliphatic rings. The Balaban J connectivity index is 2.22. The summed E-state index contributed by atoms with van der Waals surface area (Å²) >= 11 is 3.61. The summed E-state index contributed by atoms with van der Waals surface area (Å²) in [6, 6.07) is 15.5. The van der Waals surface area contributed by atoms with Crippen LogP contribution in [0.25, 0.3) is 22.0 Å². The number of rotatable bonds is 2. The first-order chi connectivity index (χ1) is 11.3. The fourth-order valence-corrected chi connectivity index (χ4v) is 3.42. The molecule has 2 heteroatoms. The van der Waals surface area contributed by atoms with Crippen molar-refractivity contribution in [3.05, 3.63) is 64.8 Å². The number of hydrogen-bond donors (Lipinski definition) is 0. The maximum Gasteiger partial charge on any atom is 0.0712 e. The molecule has 1 heterocycles. The molecule has 0 saturated carbocycles. The molecule has 3 aromatic rings. The SMILES string of the molecule is Cc1cc2cc(-c3cccc(C(C)(C)C)c3)nc(CBr)c2cc1C. The number of fused-ring (bicyclic) bond motifs is 1. The molecule has 24 heavy (non-hydrogen) atoms. The molecule has 0 unspecified atom stereocenters. The first-order valence-electron chi connectivity index (χ1n) is 8.37. The Morgan fingerprint density at radius 1 is 0.958 bits per heavy atom. The lowest BCUT2D eigenvalue weighted by Gasteiger charge is -2.20. The van der Waals surface area contributed by atoms with Gasteiger partial charge in [0, 0.05) is 16.3 Å². The van der Waals surface area contributed by atoms with Gasteiger partial charge in [0.1, 0.15) is 0 Å². The van der Waals surface area contributed by atoms with E-state index in [2.05, 4.69) is 93.0 Å². The molecule has 2 aromatic carbocycles. The number of benzene rings is 2. The molecule has 0 radical (unpaired) electrons. The van der Waals surface area contributed by atoms with Crippen LogP contribution in [0.15, 0.2) is 42.5 Å². The quantitative estimate of drug-likeness (QED) is 0.449. The number of aromatic nitrogens is 1. The summed E-state index contributed by atoms with van der Waals surface area (Å²) < 4.78 is 0. The van der Waals surface area contributed by atoms with Gasteiger partial charge < -0.3 is 0 Å². The van der Waals surface area contributed by atoms with Gasteiger partial charge in [-0.25, -0.2) is 0 Å². The third kappa shape index (κ3) is 3.25. The lowest BCUT2D eigenvalue weighted by atomic mass is 9.86. The molecule has 0 saturated heterocycles. The van der Waals surface area contributed by atoms with Gasteiger partial charge in [-0.05, 0) is 59.5 Å². The minimum Gasteiger partial charge on any atom is -0.251 e. The van der Waals surface area contributed by atoms with Crippen LogP contribution < -0.4 is 0 Å². The van der Waals surface area contributed by atoms with E-state index in [4.69, 9.17) is 4.98 Å². The second-order valence-electron chi connectivity index (χ2n) is 7.58. The Morgan fingerprint density at radius 3 is 2.33 bits per heavy atom. The third-order valence-electron chi connectivity index (χ3n) is 4.68. The summed E-state index contributed by atoms with van der Waals surface area (Å²) in [6.07, 6.45) is 0. The van der Waals surface area contributed by atoms with Crippen LogP contribution in [0.3, 0.4) is 0 Å². The van der Waals surface area contributed by atoms with E-state index in [9.17, 15) is 0 Å². The number of alkyl halides is 1. The second-order valence-corrected chi connectivity index (χ2v) is 8.14. The minimum atomic E-state index is 0.138. The first-order valence-corrected chi connectivity index (χ1v) is 9.49. The van der Waals surface area contributed by atoms with Crippen LogP contribution in [0.2, 0.25) is 0 Å². The zero-order valence-corrected chi connectivity index (χ0v) is 16.7. The molecule has 1 nitrogen and oxygen atoms in total. The van der Waals surface area contributed by atoms with E-state index in [1.54, 1.807) is 0 Å². The molecule has 0 spiro atoms. The molecule has 3 rings (SSSR count). The van der Waals surface area contributed by atoms with Crippen LogP contribution in [0, 0.1) is 13.8 Å². The van der Waals surface area contributed by atoms with Crippen LogP contribution in [0.5, 0.6) is 0 Å². The van der Waals surface area contributed by atoms with Gasteiger partial charge in [0.2, 0.25) is 0 Å². The summed E-state index contributed by atoms with van der Waals surface area (Å²) in [7, 11) is 0. The highest BCUT2D eigenvalue weighted by atomic mass is 79.9. The van der Waals surface area contributed by atoms with Gasteiger partial charge in [-0.3, -0.25) is 4.98 Å². The largest absolute Gasteiger partial charge is 0.251 e. The van der Waals surface area contributed by atoms with Crippen LogP contribution in [-0.4, -0.2) is 4.98 Å². The average Bonchev–Trinajstić information content (AvgIpc) is 2.54. The zero-order valence-electron chi connectivity index (χ0n) is 15.1. The van der Waals surface area contributed by atoms with Crippen molar-refractivity contribution in [3.8, 4) is 11.3 Å². The fraction of sp³-hybridized carbons (Fsp3) is 0.318. The third-order valence-corrected chi connectivity index (χ3v) is 5.21. The molecule has 0 fully saturated rings. The average molecular weight is 382 g/mol. The van der Waals surface area contributed by atoms with Gasteiger partial charge in [-0.2, -0.15) is 0 Å². The predicted molar refractivity (Wildman–Crippen MR) is 108 cm³/mol. The van der Waals surface area contributed by atoms with Crippen molar-refractivity contribution in [2.45, 2.75) is 45.4 Å². The summed E-state index contributed by atoms with van der Waals surface area (Å²) in [5.74, 6) is 0. The Labute approximate surface area is 153 Å². The van der Waals surface area contributed by atoms with Crippen LogP contribution in [0.4, 0.5) is 0 Å². The van der Waals surface area contributed by atoms with Crippen molar-refractivity contribution < 1.29 is 0 Å². The Morgan fingerprint density at radius 2 is 1.67 bits per heavy atom. The summed E-state index contributed by atoms with van der Waals surface area (Å²) in [5, 5.41) is 3.27. The minimum absolute atomic E-state index is 0.138. The number of aryl methyl sites for hydroxylation is 2. The maximum atomic E-state index is 4.94. The van der Waals surface area contributed by atoms with E-state index in [1.165, 1.54) is 33.0 Å². The Hall–Kier alpha value is -1.67. The van der Waals surface area contributed by atoms with E-state index in [-0.39, 0.29) is 5.41 Å². The highest BCUT2D eigenvalue weighted by Gasteiger charge is 2.15. The molecule has 124 valence electrons. The Bertz CT molecular complexity index is 904. The smallest absolute Gasteiger partial charge is 0.0712 e. The molecule has 0 amide bonds. The van der Waals surface area contributed by atoms with Crippen LogP contribution in [-0.2, 0) is 10.7 Å². The summed E-state index contributed by atoms with van der Waals surface area (Å²) in [4.78, 5) is 4.94. The predicted octanol–water partition coefficient (Wildman–Crippen LogP) is 6.71. The number of hydrogen-bond acceptors (Lipinski definition) is 1. The van der Waals surface area contributed by atoms with Gasteiger partial charge in [0.05, 0.1) is 11.4 Å². The van der Waals surface area contributed by atoms with Gasteiger partial charge in [-0.15, -0.1) is 0 Å². The van der Waals surface area contributed by atoms with Crippen molar-refractivity contribution in [3.63, 3.8) is 0 Å². The molecule has 0 aliphatic heterocycles. The van der Waals surface area contributed by atoms with Crippen LogP contribution >= 0.6 is 15.9 Å². The standard InChI is InChI=1S/C22H24BrN/c1-14-9-17-12-20(24-21(13-23)19(17)10-15(14)2)16-7-6-8-18(11-16)22(3,4)5/h6-12H,13H2,1-5H3. The molecule has 0 bridgehead atoms. The van der Waals surface area contributed by atoms with Crippen LogP contribution in [0.1, 0.15) is 43.2 Å². The number of nitrogens with zero attached hydrogens (tertiary/aromatic N) is 1. The second kappa shape index (κ2) is 6.33. The van der Waals surface area contributed by atoms with Crippen molar-refractivity contribution in [2.24, 2.45) is 0 Å². The number of pyridine rings is 1. The van der Waals surface area contributed by atoms with E-state index >= 15 is 0 Å². The maximum absolute atomic E-state index is 4.94. The monoisotopic (exact) mass is 381 g/mol. The van der Waals surface area contributed by atoms with E-state index in [0.29, 0.717) is 0 Å². The van der Waals surface area contributed by atoms with Gasteiger partial charge in [0.15, 0.2) is 0 Å². The van der Waals surface area contributed by atoms with Gasteiger partial charge >= 0.3 is 0 Å². The molecule has 0 aliphatic carbocycles. The van der Waals surface area contributed by atoms with Gasteiger partial charge in [-0.1, -0.05) is 61.0 Å². The van der Waals surface area contributed by atoms with E-state index in [0.717, 1.165) is 16.7 Å². The molecule has 0 atom stereocenters. The normalized spacial score (nSPS) is 11.9. The first kappa shape index (κ1) is 17.2. The summed E-state index contributed by atoms with van der Waals surface area (Å²) in [6.45, 7) is 11.1. The van der Waals surface area contributed by atoms with Crippen molar-refractivity contribution in [1.29, 1.82) is 0 Å². The number of halogens is 1. The fourth-order valence-electron chi connectivity index (χ4n) is 2.99.